The van der Waals surface area contributed by atoms with Gasteiger partial charge in [-0.2, -0.15) is 0 Å². The van der Waals surface area contributed by atoms with Crippen LogP contribution >= 0.6 is 15.9 Å². The van der Waals surface area contributed by atoms with Crippen molar-refractivity contribution in [1.29, 1.82) is 0 Å². The summed E-state index contributed by atoms with van der Waals surface area (Å²) < 4.78 is 10.2. The van der Waals surface area contributed by atoms with Gasteiger partial charge in [0, 0.05) is 6.07 Å². The first kappa shape index (κ1) is 15.4. The molecule has 1 aromatic rings. The van der Waals surface area contributed by atoms with Crippen molar-refractivity contribution in [2.45, 2.75) is 6.04 Å². The molecule has 0 heterocycles. The highest BCUT2D eigenvalue weighted by molar-refractivity contribution is 9.10. The van der Waals surface area contributed by atoms with E-state index in [0.29, 0.717) is 5.75 Å². The molecule has 0 saturated carbocycles. The summed E-state index contributed by atoms with van der Waals surface area (Å²) in [7, 11) is 2.86. The molecular weight excluding hydrogens is 320 g/mol. The summed E-state index contributed by atoms with van der Waals surface area (Å²) in [5.41, 5.74) is -0.100. The molecule has 0 aliphatic heterocycles. The van der Waals surface area contributed by atoms with Gasteiger partial charge in [-0.15, -0.1) is 0 Å². The average Bonchev–Trinajstić information content (AvgIpc) is 2.40. The fourth-order valence-corrected chi connectivity index (χ4v) is 1.86. The molecule has 1 aromatic carbocycles. The molecule has 19 heavy (non-hydrogen) atoms. The van der Waals surface area contributed by atoms with Crippen LogP contribution < -0.4 is 10.1 Å². The second-order valence-corrected chi connectivity index (χ2v) is 4.31. The number of nitrogens with zero attached hydrogens (tertiary/aromatic N) is 1. The second-order valence-electron chi connectivity index (χ2n) is 3.52. The molecule has 0 amide bonds. The molecule has 0 bridgehead atoms. The fourth-order valence-electron chi connectivity index (χ4n) is 1.34. The SMILES string of the molecule is CNC(COc1cccc([N+](=O)[O-])c1Br)C(=O)OC. The Balaban J connectivity index is 2.80. The van der Waals surface area contributed by atoms with Gasteiger partial charge >= 0.3 is 5.97 Å². The molecule has 1 N–H and O–H groups in total. The molecular formula is C11H13BrN2O5. The van der Waals surface area contributed by atoms with E-state index in [1.165, 1.54) is 19.2 Å². The van der Waals surface area contributed by atoms with Crippen LogP contribution in [0.15, 0.2) is 22.7 Å². The predicted molar refractivity (Wildman–Crippen MR) is 71.2 cm³/mol. The van der Waals surface area contributed by atoms with Gasteiger partial charge in [0.15, 0.2) is 0 Å². The molecule has 1 atom stereocenters. The monoisotopic (exact) mass is 332 g/mol. The molecule has 0 aliphatic carbocycles. The van der Waals surface area contributed by atoms with E-state index in [1.54, 1.807) is 13.1 Å². The Labute approximate surface area is 118 Å². The van der Waals surface area contributed by atoms with Crippen LogP contribution in [0, 0.1) is 10.1 Å². The number of carbonyl (C=O) groups is 1. The number of esters is 1. The van der Waals surface area contributed by atoms with Gasteiger partial charge in [-0.3, -0.25) is 14.9 Å². The quantitative estimate of drug-likeness (QED) is 0.482. The summed E-state index contributed by atoms with van der Waals surface area (Å²) in [6.07, 6.45) is 0. The highest BCUT2D eigenvalue weighted by atomic mass is 79.9. The molecule has 1 rings (SSSR count). The number of hydrogen-bond acceptors (Lipinski definition) is 6. The maximum absolute atomic E-state index is 11.3. The minimum atomic E-state index is -0.642. The Morgan fingerprint density at radius 3 is 2.79 bits per heavy atom. The normalized spacial score (nSPS) is 11.7. The Bertz CT molecular complexity index is 480. The molecule has 0 fully saturated rings. The lowest BCUT2D eigenvalue weighted by Gasteiger charge is -2.15. The molecule has 1 unspecified atom stereocenters. The van der Waals surface area contributed by atoms with Crippen LogP contribution in [0.4, 0.5) is 5.69 Å². The number of carbonyl (C=O) groups excluding carboxylic acids is 1. The summed E-state index contributed by atoms with van der Waals surface area (Å²) in [5, 5.41) is 13.5. The van der Waals surface area contributed by atoms with Crippen LogP contribution in [0.5, 0.6) is 5.75 Å². The minimum absolute atomic E-state index is 0.00292. The molecule has 104 valence electrons. The number of nitro benzene ring substituents is 1. The predicted octanol–water partition coefficient (Wildman–Crippen LogP) is 1.50. The van der Waals surface area contributed by atoms with Gasteiger partial charge in [0.25, 0.3) is 5.69 Å². The molecule has 0 saturated heterocycles. The Morgan fingerprint density at radius 1 is 1.58 bits per heavy atom. The van der Waals surface area contributed by atoms with Gasteiger partial charge in [-0.1, -0.05) is 6.07 Å². The summed E-state index contributed by atoms with van der Waals surface area (Å²) in [4.78, 5) is 21.6. The fraction of sp³-hybridized carbons (Fsp3) is 0.364. The van der Waals surface area contributed by atoms with Crippen LogP contribution in [-0.2, 0) is 9.53 Å². The van der Waals surface area contributed by atoms with Crippen molar-refractivity contribution < 1.29 is 19.2 Å². The molecule has 0 aromatic heterocycles. The van der Waals surface area contributed by atoms with Gasteiger partial charge in [-0.05, 0) is 29.0 Å². The molecule has 0 radical (unpaired) electrons. The van der Waals surface area contributed by atoms with E-state index in [2.05, 4.69) is 26.0 Å². The second kappa shape index (κ2) is 7.05. The van der Waals surface area contributed by atoms with Crippen molar-refractivity contribution in [1.82, 2.24) is 5.32 Å². The number of halogens is 1. The number of benzene rings is 1. The van der Waals surface area contributed by atoms with Gasteiger partial charge < -0.3 is 14.8 Å². The van der Waals surface area contributed by atoms with Crippen molar-refractivity contribution in [3.8, 4) is 5.75 Å². The number of likely N-dealkylation sites (N-methyl/N-ethyl adjacent to an activating group) is 1. The largest absolute Gasteiger partial charge is 0.490 e. The zero-order valence-electron chi connectivity index (χ0n) is 10.4. The lowest BCUT2D eigenvalue weighted by atomic mass is 10.3. The first-order valence-electron chi connectivity index (χ1n) is 5.32. The summed E-state index contributed by atoms with van der Waals surface area (Å²) in [5.74, 6) is -0.178. The maximum Gasteiger partial charge on any atom is 0.326 e. The summed E-state index contributed by atoms with van der Waals surface area (Å²) in [6, 6.07) is 3.79. The van der Waals surface area contributed by atoms with Crippen molar-refractivity contribution in [3.05, 3.63) is 32.8 Å². The topological polar surface area (TPSA) is 90.7 Å². The minimum Gasteiger partial charge on any atom is -0.490 e. The van der Waals surface area contributed by atoms with Crippen molar-refractivity contribution in [2.24, 2.45) is 0 Å². The number of hydrogen-bond donors (Lipinski definition) is 1. The smallest absolute Gasteiger partial charge is 0.326 e. The maximum atomic E-state index is 11.3. The van der Waals surface area contributed by atoms with Gasteiger partial charge in [0.1, 0.15) is 22.9 Å². The standard InChI is InChI=1S/C11H13BrN2O5/c1-13-7(11(15)18-2)6-19-9-5-3-4-8(10(9)12)14(16)17/h3-5,7,13H,6H2,1-2H3. The van der Waals surface area contributed by atoms with Gasteiger partial charge in [0.05, 0.1) is 12.0 Å². The van der Waals surface area contributed by atoms with E-state index in [0.717, 1.165) is 0 Å². The van der Waals surface area contributed by atoms with Crippen LogP contribution in [-0.4, -0.2) is 37.7 Å². The third kappa shape index (κ3) is 3.90. The molecule has 7 nitrogen and oxygen atoms in total. The van der Waals surface area contributed by atoms with E-state index in [1.807, 2.05) is 0 Å². The van der Waals surface area contributed by atoms with E-state index >= 15 is 0 Å². The number of ether oxygens (including phenoxy) is 2. The van der Waals surface area contributed by atoms with Crippen LogP contribution in [0.25, 0.3) is 0 Å². The van der Waals surface area contributed by atoms with Crippen LogP contribution in [0.1, 0.15) is 0 Å². The van der Waals surface area contributed by atoms with E-state index in [-0.39, 0.29) is 16.8 Å². The van der Waals surface area contributed by atoms with E-state index < -0.39 is 16.9 Å². The highest BCUT2D eigenvalue weighted by Crippen LogP contribution is 2.33. The number of methoxy groups -OCH3 is 1. The zero-order chi connectivity index (χ0) is 14.4. The Kier molecular flexibility index (Phi) is 5.71. The van der Waals surface area contributed by atoms with Crippen LogP contribution in [0.2, 0.25) is 0 Å². The molecule has 0 aliphatic rings. The van der Waals surface area contributed by atoms with Crippen molar-refractivity contribution in [2.75, 3.05) is 20.8 Å². The zero-order valence-corrected chi connectivity index (χ0v) is 12.0. The molecule has 0 spiro atoms. The third-order valence-electron chi connectivity index (χ3n) is 2.38. The van der Waals surface area contributed by atoms with Crippen LogP contribution in [0.3, 0.4) is 0 Å². The molecule has 8 heteroatoms. The van der Waals surface area contributed by atoms with E-state index in [4.69, 9.17) is 4.74 Å². The lowest BCUT2D eigenvalue weighted by molar-refractivity contribution is -0.385. The Hall–Kier alpha value is -1.67. The number of nitro groups is 1. The highest BCUT2D eigenvalue weighted by Gasteiger charge is 2.20. The van der Waals surface area contributed by atoms with Crippen molar-refractivity contribution in [3.63, 3.8) is 0 Å². The van der Waals surface area contributed by atoms with Gasteiger partial charge in [0.2, 0.25) is 0 Å². The first-order valence-corrected chi connectivity index (χ1v) is 6.11. The number of rotatable bonds is 6. The van der Waals surface area contributed by atoms with Gasteiger partial charge in [-0.25, -0.2) is 0 Å². The summed E-state index contributed by atoms with van der Waals surface area (Å²) >= 11 is 3.10. The summed E-state index contributed by atoms with van der Waals surface area (Å²) in [6.45, 7) is 0.00292. The average molecular weight is 333 g/mol. The number of nitrogens with one attached hydrogen (secondary N) is 1. The Morgan fingerprint density at radius 2 is 2.26 bits per heavy atom. The first-order chi connectivity index (χ1) is 9.01. The van der Waals surface area contributed by atoms with E-state index in [9.17, 15) is 14.9 Å². The third-order valence-corrected chi connectivity index (χ3v) is 3.18. The van der Waals surface area contributed by atoms with Crippen molar-refractivity contribution >= 4 is 27.6 Å². The lowest BCUT2D eigenvalue weighted by Crippen LogP contribution is -2.40.